The van der Waals surface area contributed by atoms with E-state index in [1.165, 1.54) is 0 Å². The van der Waals surface area contributed by atoms with Crippen molar-refractivity contribution in [3.63, 3.8) is 0 Å². The molecule has 72 valence electrons. The highest BCUT2D eigenvalue weighted by Crippen LogP contribution is 2.05. The molecule has 0 aliphatic rings. The molecule has 5 heteroatoms. The Labute approximate surface area is 77.3 Å². The highest BCUT2D eigenvalue weighted by molar-refractivity contribution is 5.04. The molecule has 5 nitrogen and oxygen atoms in total. The molecule has 13 heavy (non-hydrogen) atoms. The van der Waals surface area contributed by atoms with Gasteiger partial charge in [0.2, 0.25) is 0 Å². The van der Waals surface area contributed by atoms with Gasteiger partial charge in [0.15, 0.2) is 0 Å². The SMILES string of the molecule is COCC(NN)c1ncc(C)cn1. The molecule has 0 saturated heterocycles. The number of hydrogen-bond donors (Lipinski definition) is 2. The fourth-order valence-electron chi connectivity index (χ4n) is 0.946. The van der Waals surface area contributed by atoms with Crippen molar-refractivity contribution in [3.8, 4) is 0 Å². The van der Waals surface area contributed by atoms with Gasteiger partial charge in [0.1, 0.15) is 11.9 Å². The summed E-state index contributed by atoms with van der Waals surface area (Å²) in [5.41, 5.74) is 3.61. The Morgan fingerprint density at radius 3 is 2.62 bits per heavy atom. The molecule has 0 aliphatic heterocycles. The van der Waals surface area contributed by atoms with Gasteiger partial charge in [0.05, 0.1) is 6.61 Å². The van der Waals surface area contributed by atoms with Crippen molar-refractivity contribution < 1.29 is 4.74 Å². The van der Waals surface area contributed by atoms with Gasteiger partial charge in [-0.3, -0.25) is 5.84 Å². The van der Waals surface area contributed by atoms with E-state index in [0.717, 1.165) is 5.56 Å². The third kappa shape index (κ3) is 2.73. The van der Waals surface area contributed by atoms with Gasteiger partial charge in [0.25, 0.3) is 0 Å². The Morgan fingerprint density at radius 2 is 2.15 bits per heavy atom. The first kappa shape index (κ1) is 10.0. The minimum atomic E-state index is -0.148. The lowest BCUT2D eigenvalue weighted by Gasteiger charge is -2.12. The topological polar surface area (TPSA) is 73.1 Å². The Balaban J connectivity index is 2.73. The smallest absolute Gasteiger partial charge is 0.148 e. The van der Waals surface area contributed by atoms with Crippen LogP contribution in [0, 0.1) is 6.92 Å². The van der Waals surface area contributed by atoms with Gasteiger partial charge >= 0.3 is 0 Å². The predicted octanol–water partition coefficient (Wildman–Crippen LogP) is -0.0642. The molecule has 0 radical (unpaired) electrons. The summed E-state index contributed by atoms with van der Waals surface area (Å²) in [6.45, 7) is 2.39. The number of nitrogens with one attached hydrogen (secondary N) is 1. The molecule has 1 heterocycles. The molecule has 0 bridgehead atoms. The second kappa shape index (κ2) is 4.86. The highest BCUT2D eigenvalue weighted by atomic mass is 16.5. The van der Waals surface area contributed by atoms with E-state index in [1.807, 2.05) is 6.92 Å². The molecule has 0 aromatic carbocycles. The lowest BCUT2D eigenvalue weighted by Crippen LogP contribution is -2.32. The molecule has 1 unspecified atom stereocenters. The van der Waals surface area contributed by atoms with Crippen LogP contribution in [0.4, 0.5) is 0 Å². The van der Waals surface area contributed by atoms with Gasteiger partial charge < -0.3 is 4.74 Å². The summed E-state index contributed by atoms with van der Waals surface area (Å²) in [7, 11) is 1.61. The number of nitrogens with two attached hydrogens (primary N) is 1. The van der Waals surface area contributed by atoms with Crippen LogP contribution in [0.25, 0.3) is 0 Å². The molecular weight excluding hydrogens is 168 g/mol. The summed E-state index contributed by atoms with van der Waals surface area (Å²) in [4.78, 5) is 8.27. The molecule has 3 N–H and O–H groups in total. The van der Waals surface area contributed by atoms with Crippen LogP contribution in [0.5, 0.6) is 0 Å². The third-order valence-electron chi connectivity index (χ3n) is 1.65. The highest BCUT2D eigenvalue weighted by Gasteiger charge is 2.11. The molecule has 1 rings (SSSR count). The normalized spacial score (nSPS) is 12.8. The molecule has 0 aliphatic carbocycles. The van der Waals surface area contributed by atoms with Crippen LogP contribution >= 0.6 is 0 Å². The van der Waals surface area contributed by atoms with E-state index in [1.54, 1.807) is 19.5 Å². The van der Waals surface area contributed by atoms with Crippen LogP contribution in [-0.2, 0) is 4.74 Å². The fraction of sp³-hybridized carbons (Fsp3) is 0.500. The molecule has 1 atom stereocenters. The van der Waals surface area contributed by atoms with Crippen LogP contribution in [0.3, 0.4) is 0 Å². The maximum Gasteiger partial charge on any atom is 0.148 e. The zero-order valence-electron chi connectivity index (χ0n) is 7.82. The van der Waals surface area contributed by atoms with E-state index in [0.29, 0.717) is 12.4 Å². The van der Waals surface area contributed by atoms with Gasteiger partial charge in [-0.1, -0.05) is 0 Å². The maximum atomic E-state index is 5.32. The number of methoxy groups -OCH3 is 1. The zero-order valence-corrected chi connectivity index (χ0v) is 7.82. The molecule has 1 aromatic rings. The van der Waals surface area contributed by atoms with E-state index in [-0.39, 0.29) is 6.04 Å². The summed E-state index contributed by atoms with van der Waals surface area (Å²) in [6.07, 6.45) is 3.50. The Hall–Kier alpha value is -1.04. The van der Waals surface area contributed by atoms with Gasteiger partial charge in [-0.05, 0) is 12.5 Å². The van der Waals surface area contributed by atoms with Crippen molar-refractivity contribution in [1.29, 1.82) is 0 Å². The van der Waals surface area contributed by atoms with E-state index >= 15 is 0 Å². The quantitative estimate of drug-likeness (QED) is 0.504. The molecule has 0 fully saturated rings. The maximum absolute atomic E-state index is 5.32. The molecule has 0 saturated carbocycles. The Bertz CT molecular complexity index is 249. The summed E-state index contributed by atoms with van der Waals surface area (Å²) >= 11 is 0. The van der Waals surface area contributed by atoms with Gasteiger partial charge in [-0.15, -0.1) is 0 Å². The average Bonchev–Trinajstić information content (AvgIpc) is 2.16. The first-order valence-corrected chi connectivity index (χ1v) is 4.01. The Kier molecular flexibility index (Phi) is 3.75. The first-order chi connectivity index (χ1) is 6.27. The van der Waals surface area contributed by atoms with Crippen molar-refractivity contribution in [1.82, 2.24) is 15.4 Å². The van der Waals surface area contributed by atoms with Crippen molar-refractivity contribution in [2.75, 3.05) is 13.7 Å². The molecular formula is C8H14N4O. The molecule has 0 spiro atoms. The molecule has 1 aromatic heterocycles. The monoisotopic (exact) mass is 182 g/mol. The summed E-state index contributed by atoms with van der Waals surface area (Å²) < 4.78 is 4.96. The van der Waals surface area contributed by atoms with Crippen molar-refractivity contribution in [2.24, 2.45) is 5.84 Å². The zero-order chi connectivity index (χ0) is 9.68. The second-order valence-corrected chi connectivity index (χ2v) is 2.79. The summed E-state index contributed by atoms with van der Waals surface area (Å²) in [5.74, 6) is 5.97. The van der Waals surface area contributed by atoms with E-state index in [4.69, 9.17) is 10.6 Å². The van der Waals surface area contributed by atoms with E-state index in [9.17, 15) is 0 Å². The number of rotatable bonds is 4. The number of hydrazine groups is 1. The lowest BCUT2D eigenvalue weighted by molar-refractivity contribution is 0.164. The minimum Gasteiger partial charge on any atom is -0.383 e. The van der Waals surface area contributed by atoms with E-state index in [2.05, 4.69) is 15.4 Å². The predicted molar refractivity (Wildman–Crippen MR) is 48.7 cm³/mol. The number of ether oxygens (including phenoxy) is 1. The van der Waals surface area contributed by atoms with Crippen LogP contribution in [0.2, 0.25) is 0 Å². The van der Waals surface area contributed by atoms with Crippen LogP contribution in [0.15, 0.2) is 12.4 Å². The van der Waals surface area contributed by atoms with Crippen LogP contribution in [-0.4, -0.2) is 23.7 Å². The lowest BCUT2D eigenvalue weighted by atomic mass is 10.3. The number of hydrogen-bond acceptors (Lipinski definition) is 5. The standard InChI is InChI=1S/C8H14N4O/c1-6-3-10-8(11-4-6)7(12-9)5-13-2/h3-4,7,12H,5,9H2,1-2H3. The van der Waals surface area contributed by atoms with Gasteiger partial charge in [-0.2, -0.15) is 0 Å². The minimum absolute atomic E-state index is 0.148. The third-order valence-corrected chi connectivity index (χ3v) is 1.65. The van der Waals surface area contributed by atoms with Crippen molar-refractivity contribution in [2.45, 2.75) is 13.0 Å². The Morgan fingerprint density at radius 1 is 1.54 bits per heavy atom. The average molecular weight is 182 g/mol. The largest absolute Gasteiger partial charge is 0.383 e. The number of aryl methyl sites for hydroxylation is 1. The second-order valence-electron chi connectivity index (χ2n) is 2.79. The van der Waals surface area contributed by atoms with Gasteiger partial charge in [-0.25, -0.2) is 15.4 Å². The summed E-state index contributed by atoms with van der Waals surface area (Å²) in [5, 5.41) is 0. The van der Waals surface area contributed by atoms with E-state index < -0.39 is 0 Å². The first-order valence-electron chi connectivity index (χ1n) is 4.01. The fourth-order valence-corrected chi connectivity index (χ4v) is 0.946. The van der Waals surface area contributed by atoms with Gasteiger partial charge in [0, 0.05) is 19.5 Å². The van der Waals surface area contributed by atoms with Crippen molar-refractivity contribution in [3.05, 3.63) is 23.8 Å². The summed E-state index contributed by atoms with van der Waals surface area (Å²) in [6, 6.07) is -0.148. The molecule has 0 amide bonds. The number of nitrogens with zero attached hydrogens (tertiary/aromatic N) is 2. The number of aromatic nitrogens is 2. The van der Waals surface area contributed by atoms with Crippen LogP contribution in [0.1, 0.15) is 17.4 Å². The van der Waals surface area contributed by atoms with Crippen LogP contribution < -0.4 is 11.3 Å². The van der Waals surface area contributed by atoms with Crippen molar-refractivity contribution >= 4 is 0 Å².